The molecule has 3 rings (SSSR count). The predicted molar refractivity (Wildman–Crippen MR) is 102 cm³/mol. The van der Waals surface area contributed by atoms with E-state index in [0.29, 0.717) is 16.3 Å². The van der Waals surface area contributed by atoms with E-state index in [1.165, 1.54) is 12.1 Å². The lowest BCUT2D eigenvalue weighted by molar-refractivity contribution is 0.102. The maximum absolute atomic E-state index is 13.8. The van der Waals surface area contributed by atoms with Crippen LogP contribution in [0.2, 0.25) is 0 Å². The van der Waals surface area contributed by atoms with Gasteiger partial charge in [-0.2, -0.15) is 0 Å². The van der Waals surface area contributed by atoms with Crippen molar-refractivity contribution in [2.24, 2.45) is 0 Å². The summed E-state index contributed by atoms with van der Waals surface area (Å²) in [6.45, 7) is 0. The highest BCUT2D eigenvalue weighted by atomic mass is 79.9. The van der Waals surface area contributed by atoms with E-state index in [4.69, 9.17) is 11.6 Å². The first-order valence-electron chi connectivity index (χ1n) is 7.05. The van der Waals surface area contributed by atoms with E-state index in [2.05, 4.69) is 31.4 Å². The summed E-state index contributed by atoms with van der Waals surface area (Å²) in [7, 11) is 0. The van der Waals surface area contributed by atoms with Crippen LogP contribution in [0.4, 0.5) is 10.1 Å². The molecule has 1 heterocycles. The van der Waals surface area contributed by atoms with Crippen LogP contribution in [-0.2, 0) is 0 Å². The minimum Gasteiger partial charge on any atom is -0.320 e. The number of nitrogens with one attached hydrogen (secondary N) is 1. The van der Waals surface area contributed by atoms with Crippen molar-refractivity contribution in [3.63, 3.8) is 0 Å². The highest BCUT2D eigenvalue weighted by molar-refractivity contribution is 9.10. The van der Waals surface area contributed by atoms with Crippen molar-refractivity contribution in [3.05, 3.63) is 74.4 Å². The monoisotopic (exact) mass is 437 g/mol. The number of para-hydroxylation sites is 1. The summed E-state index contributed by atoms with van der Waals surface area (Å²) in [4.78, 5) is 12.2. The molecule has 126 valence electrons. The summed E-state index contributed by atoms with van der Waals surface area (Å²) >= 11 is 10.5. The molecule has 0 aliphatic rings. The van der Waals surface area contributed by atoms with Crippen LogP contribution in [0.25, 0.3) is 11.1 Å². The van der Waals surface area contributed by atoms with E-state index >= 15 is 0 Å². The van der Waals surface area contributed by atoms with Crippen LogP contribution in [0.5, 0.6) is 0 Å². The molecule has 0 aliphatic heterocycles. The Morgan fingerprint density at radius 3 is 2.64 bits per heavy atom. The first kappa shape index (κ1) is 17.7. The average Bonchev–Trinajstić information content (AvgIpc) is 3.09. The molecule has 0 fully saturated rings. The van der Waals surface area contributed by atoms with Crippen LogP contribution in [0, 0.1) is 5.82 Å². The first-order chi connectivity index (χ1) is 12.0. The van der Waals surface area contributed by atoms with E-state index < -0.39 is 5.82 Å². The zero-order chi connectivity index (χ0) is 17.8. The maximum atomic E-state index is 13.8. The molecular weight excluding hydrogens is 429 g/mol. The Morgan fingerprint density at radius 1 is 1.16 bits per heavy atom. The SMILES string of the molecule is O=C(Nc1ccccc1)c1nnc(/C(Cl)=C/c2cc(Br)ccc2F)s1. The van der Waals surface area contributed by atoms with Gasteiger partial charge in [0.1, 0.15) is 5.82 Å². The molecule has 1 aromatic heterocycles. The third-order valence-electron chi connectivity index (χ3n) is 3.10. The van der Waals surface area contributed by atoms with Crippen LogP contribution >= 0.6 is 38.9 Å². The Balaban J connectivity index is 1.79. The Morgan fingerprint density at radius 2 is 1.88 bits per heavy atom. The fraction of sp³-hybridized carbons (Fsp3) is 0. The Hall–Kier alpha value is -2.09. The number of halogens is 3. The van der Waals surface area contributed by atoms with Gasteiger partial charge in [-0.15, -0.1) is 10.2 Å². The maximum Gasteiger partial charge on any atom is 0.286 e. The molecule has 0 radical (unpaired) electrons. The number of rotatable bonds is 4. The van der Waals surface area contributed by atoms with Crippen molar-refractivity contribution in [1.29, 1.82) is 0 Å². The molecule has 1 amide bonds. The first-order valence-corrected chi connectivity index (χ1v) is 9.04. The normalized spacial score (nSPS) is 11.4. The predicted octanol–water partition coefficient (Wildman–Crippen LogP) is 5.43. The van der Waals surface area contributed by atoms with Crippen molar-refractivity contribution in [3.8, 4) is 0 Å². The van der Waals surface area contributed by atoms with E-state index in [0.717, 1.165) is 15.8 Å². The molecule has 0 bridgehead atoms. The number of benzene rings is 2. The number of carbonyl (C=O) groups excluding carboxylic acids is 1. The summed E-state index contributed by atoms with van der Waals surface area (Å²) in [6, 6.07) is 13.5. The van der Waals surface area contributed by atoms with Gasteiger partial charge in [-0.25, -0.2) is 4.39 Å². The van der Waals surface area contributed by atoms with Crippen LogP contribution in [-0.4, -0.2) is 16.1 Å². The Kier molecular flexibility index (Phi) is 5.57. The standard InChI is InChI=1S/C17H10BrClFN3OS/c18-11-6-7-14(20)10(8-11)9-13(19)16-22-23-17(25-16)15(24)21-12-4-2-1-3-5-12/h1-9H,(H,21,24)/b13-9-. The molecular formula is C17H10BrClFN3OS. The second-order valence-electron chi connectivity index (χ2n) is 4.89. The average molecular weight is 439 g/mol. The number of amides is 1. The second-order valence-corrected chi connectivity index (χ2v) is 7.19. The van der Waals surface area contributed by atoms with E-state index in [1.807, 2.05) is 18.2 Å². The second kappa shape index (κ2) is 7.86. The molecule has 0 spiro atoms. The van der Waals surface area contributed by atoms with Crippen molar-refractivity contribution >= 4 is 61.6 Å². The molecule has 1 N–H and O–H groups in total. The minimum absolute atomic E-state index is 0.167. The molecule has 0 atom stereocenters. The van der Waals surface area contributed by atoms with Gasteiger partial charge < -0.3 is 5.32 Å². The third kappa shape index (κ3) is 4.50. The van der Waals surface area contributed by atoms with Crippen molar-refractivity contribution in [2.75, 3.05) is 5.32 Å². The van der Waals surface area contributed by atoms with Crippen molar-refractivity contribution in [2.45, 2.75) is 0 Å². The molecule has 4 nitrogen and oxygen atoms in total. The molecule has 0 aliphatic carbocycles. The zero-order valence-corrected chi connectivity index (χ0v) is 15.7. The summed E-state index contributed by atoms with van der Waals surface area (Å²) < 4.78 is 14.5. The van der Waals surface area contributed by atoms with Gasteiger partial charge in [0.05, 0.1) is 5.03 Å². The quantitative estimate of drug-likeness (QED) is 0.591. The Labute approximate surface area is 160 Å². The fourth-order valence-electron chi connectivity index (χ4n) is 1.94. The van der Waals surface area contributed by atoms with Gasteiger partial charge in [0.2, 0.25) is 5.01 Å². The van der Waals surface area contributed by atoms with Gasteiger partial charge in [0.25, 0.3) is 5.91 Å². The topological polar surface area (TPSA) is 54.9 Å². The van der Waals surface area contributed by atoms with E-state index in [9.17, 15) is 9.18 Å². The lowest BCUT2D eigenvalue weighted by atomic mass is 10.2. The van der Waals surface area contributed by atoms with Crippen LogP contribution < -0.4 is 5.32 Å². The van der Waals surface area contributed by atoms with Gasteiger partial charge in [0, 0.05) is 15.7 Å². The van der Waals surface area contributed by atoms with Crippen LogP contribution in [0.15, 0.2) is 53.0 Å². The number of hydrogen-bond acceptors (Lipinski definition) is 4. The molecule has 3 aromatic rings. The summed E-state index contributed by atoms with van der Waals surface area (Å²) in [6.07, 6.45) is 1.45. The van der Waals surface area contributed by atoms with Crippen LogP contribution in [0.1, 0.15) is 20.4 Å². The van der Waals surface area contributed by atoms with Gasteiger partial charge >= 0.3 is 0 Å². The number of nitrogens with zero attached hydrogens (tertiary/aromatic N) is 2. The van der Waals surface area contributed by atoms with Crippen molar-refractivity contribution < 1.29 is 9.18 Å². The van der Waals surface area contributed by atoms with Gasteiger partial charge in [-0.1, -0.05) is 57.1 Å². The lowest BCUT2D eigenvalue weighted by Crippen LogP contribution is -2.11. The summed E-state index contributed by atoms with van der Waals surface area (Å²) in [5.74, 6) is -0.791. The summed E-state index contributed by atoms with van der Waals surface area (Å²) in [5, 5.41) is 11.2. The molecule has 0 saturated carbocycles. The van der Waals surface area contributed by atoms with Gasteiger partial charge in [-0.05, 0) is 36.4 Å². The molecule has 2 aromatic carbocycles. The van der Waals surface area contributed by atoms with E-state index in [1.54, 1.807) is 24.3 Å². The minimum atomic E-state index is -0.409. The number of aromatic nitrogens is 2. The molecule has 0 saturated heterocycles. The molecule has 0 unspecified atom stereocenters. The van der Waals surface area contributed by atoms with E-state index in [-0.39, 0.29) is 15.9 Å². The number of hydrogen-bond donors (Lipinski definition) is 1. The number of carbonyl (C=O) groups is 1. The highest BCUT2D eigenvalue weighted by Gasteiger charge is 2.15. The van der Waals surface area contributed by atoms with Crippen molar-refractivity contribution in [1.82, 2.24) is 10.2 Å². The molecule has 8 heteroatoms. The fourth-order valence-corrected chi connectivity index (χ4v) is 3.24. The highest BCUT2D eigenvalue weighted by Crippen LogP contribution is 2.27. The Bertz CT molecular complexity index is 946. The van der Waals surface area contributed by atoms with Gasteiger partial charge in [-0.3, -0.25) is 4.79 Å². The smallest absolute Gasteiger partial charge is 0.286 e. The largest absolute Gasteiger partial charge is 0.320 e. The lowest BCUT2D eigenvalue weighted by Gasteiger charge is -2.00. The zero-order valence-electron chi connectivity index (χ0n) is 12.5. The van der Waals surface area contributed by atoms with Crippen LogP contribution in [0.3, 0.4) is 0 Å². The third-order valence-corrected chi connectivity index (χ3v) is 4.94. The molecule has 25 heavy (non-hydrogen) atoms. The summed E-state index contributed by atoms with van der Waals surface area (Å²) in [5.41, 5.74) is 0.965. The van der Waals surface area contributed by atoms with Gasteiger partial charge in [0.15, 0.2) is 5.01 Å². The number of anilines is 1.